The largest absolute Gasteiger partial charge is 0.493 e. The summed E-state index contributed by atoms with van der Waals surface area (Å²) >= 11 is 0. The molecule has 0 spiro atoms. The zero-order valence-corrected chi connectivity index (χ0v) is 16.4. The van der Waals surface area contributed by atoms with Crippen molar-refractivity contribution in [3.8, 4) is 17.2 Å². The molecule has 3 atom stereocenters. The molecule has 26 heavy (non-hydrogen) atoms. The smallest absolute Gasteiger partial charge is 0.203 e. The van der Waals surface area contributed by atoms with E-state index in [0.29, 0.717) is 5.75 Å². The Hall–Kier alpha value is -1.46. The molecule has 0 aromatic heterocycles. The Labute approximate surface area is 157 Å². The van der Waals surface area contributed by atoms with Crippen molar-refractivity contribution in [2.45, 2.75) is 38.3 Å². The fourth-order valence-electron chi connectivity index (χ4n) is 5.40. The molecule has 1 aromatic carbocycles. The minimum Gasteiger partial charge on any atom is -0.493 e. The Morgan fingerprint density at radius 2 is 1.58 bits per heavy atom. The zero-order chi connectivity index (χ0) is 18.1. The van der Waals surface area contributed by atoms with Crippen molar-refractivity contribution >= 4 is 0 Å². The molecule has 0 amide bonds. The SMILES string of the molecule is COc1cc(CN2CCN([C@H]3C[C@H]4CC[C@H]3C4)CC2)cc(OC)c1OC. The van der Waals surface area contributed by atoms with E-state index in [0.717, 1.165) is 49.0 Å². The predicted octanol–water partition coefficient (Wildman–Crippen LogP) is 3.02. The molecule has 144 valence electrons. The third-order valence-electron chi connectivity index (χ3n) is 6.71. The van der Waals surface area contributed by atoms with Gasteiger partial charge in [0.05, 0.1) is 21.3 Å². The van der Waals surface area contributed by atoms with Crippen molar-refractivity contribution in [3.05, 3.63) is 17.7 Å². The summed E-state index contributed by atoms with van der Waals surface area (Å²) in [4.78, 5) is 5.32. The molecule has 2 aliphatic carbocycles. The topological polar surface area (TPSA) is 34.2 Å². The molecular weight excluding hydrogens is 328 g/mol. The van der Waals surface area contributed by atoms with Crippen LogP contribution >= 0.6 is 0 Å². The van der Waals surface area contributed by atoms with E-state index in [4.69, 9.17) is 14.2 Å². The molecule has 3 fully saturated rings. The van der Waals surface area contributed by atoms with Crippen LogP contribution in [0.3, 0.4) is 0 Å². The summed E-state index contributed by atoms with van der Waals surface area (Å²) in [7, 11) is 5.00. The molecule has 3 aliphatic rings. The average molecular weight is 360 g/mol. The lowest BCUT2D eigenvalue weighted by Crippen LogP contribution is -2.51. The van der Waals surface area contributed by atoms with Gasteiger partial charge in [-0.3, -0.25) is 9.80 Å². The first-order chi connectivity index (χ1) is 12.7. The lowest BCUT2D eigenvalue weighted by atomic mass is 9.93. The van der Waals surface area contributed by atoms with E-state index in [-0.39, 0.29) is 0 Å². The van der Waals surface area contributed by atoms with Gasteiger partial charge < -0.3 is 14.2 Å². The van der Waals surface area contributed by atoms with E-state index >= 15 is 0 Å². The van der Waals surface area contributed by atoms with Crippen LogP contribution in [0.5, 0.6) is 17.2 Å². The number of hydrogen-bond donors (Lipinski definition) is 0. The summed E-state index contributed by atoms with van der Waals surface area (Å²) < 4.78 is 16.4. The molecule has 0 radical (unpaired) electrons. The quantitative estimate of drug-likeness (QED) is 0.779. The van der Waals surface area contributed by atoms with Gasteiger partial charge in [-0.05, 0) is 48.8 Å². The molecule has 5 heteroatoms. The molecule has 1 aliphatic heterocycles. The maximum Gasteiger partial charge on any atom is 0.203 e. The summed E-state index contributed by atoms with van der Waals surface area (Å²) in [5.74, 6) is 4.16. The summed E-state index contributed by atoms with van der Waals surface area (Å²) in [6.45, 7) is 5.63. The Kier molecular flexibility index (Phi) is 5.28. The number of methoxy groups -OCH3 is 3. The standard InChI is InChI=1S/C21H32N2O3/c1-24-19-12-16(13-20(25-2)21(19)26-3)14-22-6-8-23(9-7-22)18-11-15-4-5-17(18)10-15/h12-13,15,17-18H,4-11,14H2,1-3H3/t15-,17-,18-/m0/s1. The predicted molar refractivity (Wildman–Crippen MR) is 102 cm³/mol. The van der Waals surface area contributed by atoms with Crippen molar-refractivity contribution in [1.82, 2.24) is 9.80 Å². The van der Waals surface area contributed by atoms with Gasteiger partial charge in [-0.25, -0.2) is 0 Å². The number of benzene rings is 1. The zero-order valence-electron chi connectivity index (χ0n) is 16.4. The van der Waals surface area contributed by atoms with E-state index in [1.165, 1.54) is 44.3 Å². The van der Waals surface area contributed by atoms with Gasteiger partial charge in [-0.2, -0.15) is 0 Å². The maximum atomic E-state index is 5.49. The maximum absolute atomic E-state index is 5.49. The van der Waals surface area contributed by atoms with E-state index < -0.39 is 0 Å². The monoisotopic (exact) mass is 360 g/mol. The van der Waals surface area contributed by atoms with Crippen LogP contribution in [0, 0.1) is 11.8 Å². The second kappa shape index (κ2) is 7.65. The molecule has 4 rings (SSSR count). The normalized spacial score (nSPS) is 29.1. The molecule has 2 saturated carbocycles. The van der Waals surface area contributed by atoms with Crippen LogP contribution in [-0.4, -0.2) is 63.4 Å². The highest BCUT2D eigenvalue weighted by atomic mass is 16.5. The van der Waals surface area contributed by atoms with Gasteiger partial charge in [-0.1, -0.05) is 6.42 Å². The van der Waals surface area contributed by atoms with Gasteiger partial charge in [0.15, 0.2) is 11.5 Å². The highest BCUT2D eigenvalue weighted by Gasteiger charge is 2.42. The fraction of sp³-hybridized carbons (Fsp3) is 0.714. The lowest BCUT2D eigenvalue weighted by molar-refractivity contribution is 0.0679. The van der Waals surface area contributed by atoms with Crippen molar-refractivity contribution in [1.29, 1.82) is 0 Å². The second-order valence-electron chi connectivity index (χ2n) is 8.09. The Morgan fingerprint density at radius 3 is 2.08 bits per heavy atom. The van der Waals surface area contributed by atoms with E-state index in [2.05, 4.69) is 21.9 Å². The lowest BCUT2D eigenvalue weighted by Gasteiger charge is -2.41. The fourth-order valence-corrected chi connectivity index (χ4v) is 5.40. The van der Waals surface area contributed by atoms with Gasteiger partial charge in [0.1, 0.15) is 0 Å². The van der Waals surface area contributed by atoms with Crippen molar-refractivity contribution < 1.29 is 14.2 Å². The number of nitrogens with zero attached hydrogens (tertiary/aromatic N) is 2. The van der Waals surface area contributed by atoms with Gasteiger partial charge in [0.2, 0.25) is 5.75 Å². The summed E-state index contributed by atoms with van der Waals surface area (Å²) in [6, 6.07) is 5.02. The van der Waals surface area contributed by atoms with Crippen LogP contribution in [0.25, 0.3) is 0 Å². The van der Waals surface area contributed by atoms with Gasteiger partial charge >= 0.3 is 0 Å². The van der Waals surface area contributed by atoms with Crippen molar-refractivity contribution in [3.63, 3.8) is 0 Å². The first-order valence-corrected chi connectivity index (χ1v) is 9.97. The van der Waals surface area contributed by atoms with Gasteiger partial charge in [0, 0.05) is 38.8 Å². The molecule has 2 bridgehead atoms. The summed E-state index contributed by atoms with van der Waals surface area (Å²) in [6.07, 6.45) is 5.91. The van der Waals surface area contributed by atoms with Gasteiger partial charge in [-0.15, -0.1) is 0 Å². The first kappa shape index (κ1) is 17.9. The van der Waals surface area contributed by atoms with Crippen LogP contribution < -0.4 is 14.2 Å². The number of ether oxygens (including phenoxy) is 3. The first-order valence-electron chi connectivity index (χ1n) is 9.97. The molecule has 5 nitrogen and oxygen atoms in total. The highest BCUT2D eigenvalue weighted by molar-refractivity contribution is 5.53. The Bertz CT molecular complexity index is 603. The second-order valence-corrected chi connectivity index (χ2v) is 8.09. The van der Waals surface area contributed by atoms with Gasteiger partial charge in [0.25, 0.3) is 0 Å². The van der Waals surface area contributed by atoms with Crippen molar-refractivity contribution in [2.24, 2.45) is 11.8 Å². The third kappa shape index (κ3) is 3.39. The molecular formula is C21H32N2O3. The molecule has 0 N–H and O–H groups in total. The Balaban J connectivity index is 1.37. The van der Waals surface area contributed by atoms with Crippen LogP contribution in [-0.2, 0) is 6.54 Å². The number of hydrogen-bond acceptors (Lipinski definition) is 5. The number of rotatable bonds is 6. The van der Waals surface area contributed by atoms with Crippen molar-refractivity contribution in [2.75, 3.05) is 47.5 Å². The highest BCUT2D eigenvalue weighted by Crippen LogP contribution is 2.46. The molecule has 0 unspecified atom stereocenters. The van der Waals surface area contributed by atoms with Crippen LogP contribution in [0.4, 0.5) is 0 Å². The van der Waals surface area contributed by atoms with E-state index in [1.54, 1.807) is 21.3 Å². The minimum atomic E-state index is 0.667. The molecule has 1 aromatic rings. The van der Waals surface area contributed by atoms with Crippen LogP contribution in [0.2, 0.25) is 0 Å². The van der Waals surface area contributed by atoms with Crippen LogP contribution in [0.1, 0.15) is 31.2 Å². The Morgan fingerprint density at radius 1 is 0.885 bits per heavy atom. The van der Waals surface area contributed by atoms with E-state index in [1.807, 2.05) is 0 Å². The summed E-state index contributed by atoms with van der Waals surface area (Å²) in [5.41, 5.74) is 1.22. The van der Waals surface area contributed by atoms with E-state index in [9.17, 15) is 0 Å². The van der Waals surface area contributed by atoms with Crippen LogP contribution in [0.15, 0.2) is 12.1 Å². The molecule has 1 saturated heterocycles. The summed E-state index contributed by atoms with van der Waals surface area (Å²) in [5, 5.41) is 0. The average Bonchev–Trinajstić information content (AvgIpc) is 3.31. The number of piperazine rings is 1. The number of fused-ring (bicyclic) bond motifs is 2. The molecule has 1 heterocycles. The third-order valence-corrected chi connectivity index (χ3v) is 6.71. The minimum absolute atomic E-state index is 0.667.